The number of hydrogen-bond acceptors (Lipinski definition) is 3. The second-order valence-electron chi connectivity index (χ2n) is 4.91. The van der Waals surface area contributed by atoms with Gasteiger partial charge in [0.05, 0.1) is 7.11 Å². The summed E-state index contributed by atoms with van der Waals surface area (Å²) in [5.74, 6) is 2.67. The number of ether oxygens (including phenoxy) is 1. The van der Waals surface area contributed by atoms with Crippen LogP contribution < -0.4 is 4.74 Å². The summed E-state index contributed by atoms with van der Waals surface area (Å²) in [4.78, 5) is 8.78. The average Bonchev–Trinajstić information content (AvgIpc) is 3.13. The van der Waals surface area contributed by atoms with E-state index in [0.717, 1.165) is 30.4 Å². The van der Waals surface area contributed by atoms with Gasteiger partial charge in [0, 0.05) is 38.4 Å². The molecule has 0 aliphatic carbocycles. The normalized spacial score (nSPS) is 10.8. The zero-order valence-electron chi connectivity index (χ0n) is 12.2. The van der Waals surface area contributed by atoms with Crippen molar-refractivity contribution in [2.24, 2.45) is 7.05 Å². The van der Waals surface area contributed by atoms with Crippen LogP contribution >= 0.6 is 0 Å². The Balaban J connectivity index is 1.77. The molecule has 21 heavy (non-hydrogen) atoms. The lowest BCUT2D eigenvalue weighted by Crippen LogP contribution is -2.05. The molecule has 1 aromatic carbocycles. The maximum atomic E-state index is 5.26. The minimum atomic E-state index is 0.857. The number of aromatic nitrogens is 4. The average molecular weight is 282 g/mol. The quantitative estimate of drug-likeness (QED) is 0.722. The van der Waals surface area contributed by atoms with E-state index in [1.54, 1.807) is 13.3 Å². The van der Waals surface area contributed by atoms with Crippen molar-refractivity contribution in [3.05, 3.63) is 54.6 Å². The van der Waals surface area contributed by atoms with E-state index < -0.39 is 0 Å². The molecule has 0 radical (unpaired) electrons. The van der Waals surface area contributed by atoms with Crippen LogP contribution in [-0.2, 0) is 20.0 Å². The van der Waals surface area contributed by atoms with Crippen LogP contribution in [0.2, 0.25) is 0 Å². The van der Waals surface area contributed by atoms with Gasteiger partial charge in [-0.25, -0.2) is 9.97 Å². The van der Waals surface area contributed by atoms with Gasteiger partial charge in [-0.15, -0.1) is 0 Å². The Kier molecular flexibility index (Phi) is 3.73. The molecule has 0 unspecified atom stereocenters. The molecule has 3 aromatic rings. The van der Waals surface area contributed by atoms with Crippen molar-refractivity contribution in [2.45, 2.75) is 13.0 Å². The number of benzene rings is 1. The molecule has 108 valence electrons. The van der Waals surface area contributed by atoms with Crippen molar-refractivity contribution < 1.29 is 4.74 Å². The fraction of sp³-hybridized carbons (Fsp3) is 0.250. The molecule has 0 aliphatic heterocycles. The summed E-state index contributed by atoms with van der Waals surface area (Å²) in [6.45, 7) is 0.857. The molecular formula is C16H18N4O. The Morgan fingerprint density at radius 3 is 2.67 bits per heavy atom. The smallest absolute Gasteiger partial charge is 0.176 e. The predicted octanol–water partition coefficient (Wildman–Crippen LogP) is 2.53. The van der Waals surface area contributed by atoms with Crippen LogP contribution in [-0.4, -0.2) is 26.2 Å². The monoisotopic (exact) mass is 282 g/mol. The lowest BCUT2D eigenvalue weighted by Gasteiger charge is -2.08. The standard InChI is InChI=1S/C16H18N4O/c1-19-10-7-17-15(19)16-18-8-11-20(16)9-6-13-4-3-5-14(12-13)21-2/h3-5,7-8,10-12H,6,9H2,1-2H3. The van der Waals surface area contributed by atoms with Gasteiger partial charge in [-0.05, 0) is 24.1 Å². The molecule has 5 heteroatoms. The summed E-state index contributed by atoms with van der Waals surface area (Å²) in [6.07, 6.45) is 8.44. The van der Waals surface area contributed by atoms with Crippen molar-refractivity contribution in [1.29, 1.82) is 0 Å². The van der Waals surface area contributed by atoms with Gasteiger partial charge in [0.25, 0.3) is 0 Å². The largest absolute Gasteiger partial charge is 0.497 e. The van der Waals surface area contributed by atoms with Gasteiger partial charge in [0.1, 0.15) is 5.75 Å². The van der Waals surface area contributed by atoms with Gasteiger partial charge < -0.3 is 13.9 Å². The zero-order valence-corrected chi connectivity index (χ0v) is 12.2. The number of hydrogen-bond donors (Lipinski definition) is 0. The molecule has 0 fully saturated rings. The highest BCUT2D eigenvalue weighted by atomic mass is 16.5. The summed E-state index contributed by atoms with van der Waals surface area (Å²) in [5.41, 5.74) is 1.24. The summed E-state index contributed by atoms with van der Waals surface area (Å²) in [6, 6.07) is 8.15. The Hall–Kier alpha value is -2.56. The maximum absolute atomic E-state index is 5.26. The minimum absolute atomic E-state index is 0.857. The van der Waals surface area contributed by atoms with Crippen LogP contribution in [0.3, 0.4) is 0 Å². The van der Waals surface area contributed by atoms with E-state index in [1.165, 1.54) is 5.56 Å². The first-order valence-electron chi connectivity index (χ1n) is 6.89. The summed E-state index contributed by atoms with van der Waals surface area (Å²) < 4.78 is 9.36. The summed E-state index contributed by atoms with van der Waals surface area (Å²) in [5, 5.41) is 0. The van der Waals surface area contributed by atoms with Crippen LogP contribution in [0.4, 0.5) is 0 Å². The Morgan fingerprint density at radius 1 is 1.10 bits per heavy atom. The van der Waals surface area contributed by atoms with Gasteiger partial charge in [-0.3, -0.25) is 0 Å². The zero-order chi connectivity index (χ0) is 14.7. The summed E-state index contributed by atoms with van der Waals surface area (Å²) >= 11 is 0. The first kappa shape index (κ1) is 13.4. The van der Waals surface area contributed by atoms with Crippen molar-refractivity contribution in [3.63, 3.8) is 0 Å². The van der Waals surface area contributed by atoms with Crippen LogP contribution in [0, 0.1) is 0 Å². The van der Waals surface area contributed by atoms with Gasteiger partial charge in [-0.2, -0.15) is 0 Å². The van der Waals surface area contributed by atoms with Crippen LogP contribution in [0.1, 0.15) is 5.56 Å². The fourth-order valence-electron chi connectivity index (χ4n) is 2.35. The van der Waals surface area contributed by atoms with E-state index in [9.17, 15) is 0 Å². The maximum Gasteiger partial charge on any atom is 0.176 e. The molecule has 2 aromatic heterocycles. The summed E-state index contributed by atoms with van der Waals surface area (Å²) in [7, 11) is 3.66. The number of rotatable bonds is 5. The molecule has 0 atom stereocenters. The fourth-order valence-corrected chi connectivity index (χ4v) is 2.35. The number of imidazole rings is 2. The van der Waals surface area contributed by atoms with E-state index in [-0.39, 0.29) is 0 Å². The molecule has 0 N–H and O–H groups in total. The second kappa shape index (κ2) is 5.83. The third-order valence-corrected chi connectivity index (χ3v) is 3.51. The Bertz CT molecular complexity index is 729. The topological polar surface area (TPSA) is 44.9 Å². The number of aryl methyl sites for hydroxylation is 3. The molecule has 2 heterocycles. The van der Waals surface area contributed by atoms with E-state index in [2.05, 4.69) is 26.7 Å². The Morgan fingerprint density at radius 2 is 1.90 bits per heavy atom. The molecule has 0 spiro atoms. The molecule has 0 saturated carbocycles. The first-order chi connectivity index (χ1) is 10.3. The molecule has 0 bridgehead atoms. The lowest BCUT2D eigenvalue weighted by molar-refractivity contribution is 0.414. The first-order valence-corrected chi connectivity index (χ1v) is 6.89. The van der Waals surface area contributed by atoms with Gasteiger partial charge >= 0.3 is 0 Å². The molecule has 0 saturated heterocycles. The van der Waals surface area contributed by atoms with Crippen LogP contribution in [0.5, 0.6) is 5.75 Å². The van der Waals surface area contributed by atoms with E-state index in [0.29, 0.717) is 0 Å². The van der Waals surface area contributed by atoms with Gasteiger partial charge in [0.2, 0.25) is 0 Å². The minimum Gasteiger partial charge on any atom is -0.497 e. The SMILES string of the molecule is COc1cccc(CCn2ccnc2-c2nccn2C)c1. The molecule has 0 aliphatic rings. The molecule has 0 amide bonds. The van der Waals surface area contributed by atoms with E-state index in [4.69, 9.17) is 4.74 Å². The van der Waals surface area contributed by atoms with E-state index in [1.807, 2.05) is 42.3 Å². The Labute approximate surface area is 123 Å². The van der Waals surface area contributed by atoms with Crippen LogP contribution in [0.25, 0.3) is 11.6 Å². The molecule has 5 nitrogen and oxygen atoms in total. The number of nitrogens with zero attached hydrogens (tertiary/aromatic N) is 4. The highest BCUT2D eigenvalue weighted by Crippen LogP contribution is 2.17. The van der Waals surface area contributed by atoms with Crippen molar-refractivity contribution in [3.8, 4) is 17.4 Å². The number of methoxy groups -OCH3 is 1. The van der Waals surface area contributed by atoms with Crippen LogP contribution in [0.15, 0.2) is 49.1 Å². The third-order valence-electron chi connectivity index (χ3n) is 3.51. The van der Waals surface area contributed by atoms with Crippen molar-refractivity contribution >= 4 is 0 Å². The van der Waals surface area contributed by atoms with Gasteiger partial charge in [0.15, 0.2) is 11.6 Å². The van der Waals surface area contributed by atoms with Crippen molar-refractivity contribution in [1.82, 2.24) is 19.1 Å². The molecule has 3 rings (SSSR count). The third kappa shape index (κ3) is 2.81. The highest BCUT2D eigenvalue weighted by molar-refractivity contribution is 5.44. The second-order valence-corrected chi connectivity index (χ2v) is 4.91. The van der Waals surface area contributed by atoms with Crippen molar-refractivity contribution in [2.75, 3.05) is 7.11 Å². The van der Waals surface area contributed by atoms with E-state index >= 15 is 0 Å². The predicted molar refractivity (Wildman–Crippen MR) is 81.1 cm³/mol. The molecular weight excluding hydrogens is 264 g/mol. The highest BCUT2D eigenvalue weighted by Gasteiger charge is 2.10. The lowest BCUT2D eigenvalue weighted by atomic mass is 10.1. The van der Waals surface area contributed by atoms with Gasteiger partial charge in [-0.1, -0.05) is 12.1 Å².